The molecular weight excluding hydrogens is 236 g/mol. The summed E-state index contributed by atoms with van der Waals surface area (Å²) in [5.41, 5.74) is 0.188. The minimum Gasteiger partial charge on any atom is -0.372 e. The minimum absolute atomic E-state index is 0.188. The van der Waals surface area contributed by atoms with Gasteiger partial charge >= 0.3 is 0 Å². The summed E-state index contributed by atoms with van der Waals surface area (Å²) in [5, 5.41) is 3.54. The third-order valence-electron chi connectivity index (χ3n) is 4.01. The van der Waals surface area contributed by atoms with E-state index in [1.165, 1.54) is 25.7 Å². The molecule has 1 aliphatic heterocycles. The van der Waals surface area contributed by atoms with Crippen LogP contribution in [0.3, 0.4) is 0 Å². The standard InChI is InChI=1S/C16H34N2O/c1-7-8-13(2)18(6)12-15-10-9-14(19-15)11-17-16(3,4)5/h13-15,17H,7-12H2,1-6H3. The lowest BCUT2D eigenvalue weighted by Gasteiger charge is -2.28. The molecule has 3 atom stereocenters. The van der Waals surface area contributed by atoms with Gasteiger partial charge in [-0.1, -0.05) is 13.3 Å². The number of hydrogen-bond acceptors (Lipinski definition) is 3. The molecule has 0 aromatic heterocycles. The number of nitrogens with zero attached hydrogens (tertiary/aromatic N) is 1. The van der Waals surface area contributed by atoms with Crippen molar-refractivity contribution in [1.82, 2.24) is 10.2 Å². The van der Waals surface area contributed by atoms with Crippen LogP contribution in [-0.2, 0) is 4.74 Å². The summed E-state index contributed by atoms with van der Waals surface area (Å²) in [6.07, 6.45) is 5.77. The predicted molar refractivity (Wildman–Crippen MR) is 82.7 cm³/mol. The average molecular weight is 270 g/mol. The van der Waals surface area contributed by atoms with Crippen LogP contribution in [0.2, 0.25) is 0 Å². The predicted octanol–water partition coefficient (Wildman–Crippen LogP) is 3.04. The van der Waals surface area contributed by atoms with Crippen molar-refractivity contribution in [2.24, 2.45) is 0 Å². The first-order valence-electron chi connectivity index (χ1n) is 7.92. The summed E-state index contributed by atoms with van der Waals surface area (Å²) < 4.78 is 6.15. The summed E-state index contributed by atoms with van der Waals surface area (Å²) in [7, 11) is 2.23. The van der Waals surface area contributed by atoms with Gasteiger partial charge in [-0.05, 0) is 54.0 Å². The van der Waals surface area contributed by atoms with Gasteiger partial charge in [-0.25, -0.2) is 0 Å². The maximum absolute atomic E-state index is 6.15. The molecule has 1 saturated heterocycles. The highest BCUT2D eigenvalue weighted by Gasteiger charge is 2.27. The molecule has 1 aliphatic rings. The van der Waals surface area contributed by atoms with Crippen molar-refractivity contribution in [3.05, 3.63) is 0 Å². The molecule has 3 nitrogen and oxygen atoms in total. The fraction of sp³-hybridized carbons (Fsp3) is 1.00. The molecule has 3 heteroatoms. The molecule has 0 amide bonds. The molecule has 1 heterocycles. The summed E-state index contributed by atoms with van der Waals surface area (Å²) in [6, 6.07) is 0.667. The molecule has 0 bridgehead atoms. The summed E-state index contributed by atoms with van der Waals surface area (Å²) in [4.78, 5) is 2.45. The Balaban J connectivity index is 2.24. The van der Waals surface area contributed by atoms with Crippen LogP contribution in [0.4, 0.5) is 0 Å². The molecule has 1 fully saturated rings. The SMILES string of the molecule is CCCC(C)N(C)CC1CCC(CNC(C)(C)C)O1. The molecule has 0 aromatic carbocycles. The number of ether oxygens (including phenoxy) is 1. The van der Waals surface area contributed by atoms with Crippen molar-refractivity contribution in [3.8, 4) is 0 Å². The molecule has 0 spiro atoms. The average Bonchev–Trinajstić information content (AvgIpc) is 2.73. The van der Waals surface area contributed by atoms with Crippen molar-refractivity contribution < 1.29 is 4.74 Å². The Kier molecular flexibility index (Phi) is 6.78. The van der Waals surface area contributed by atoms with Gasteiger partial charge in [0.25, 0.3) is 0 Å². The Morgan fingerprint density at radius 1 is 1.26 bits per heavy atom. The van der Waals surface area contributed by atoms with E-state index in [1.54, 1.807) is 0 Å². The Morgan fingerprint density at radius 2 is 1.89 bits per heavy atom. The van der Waals surface area contributed by atoms with Crippen LogP contribution in [0, 0.1) is 0 Å². The van der Waals surface area contributed by atoms with Crippen molar-refractivity contribution in [3.63, 3.8) is 0 Å². The second-order valence-corrected chi connectivity index (χ2v) is 7.17. The van der Waals surface area contributed by atoms with Gasteiger partial charge in [-0.3, -0.25) is 0 Å². The molecule has 114 valence electrons. The Morgan fingerprint density at radius 3 is 2.47 bits per heavy atom. The van der Waals surface area contributed by atoms with Crippen molar-refractivity contribution in [2.45, 2.75) is 84.1 Å². The van der Waals surface area contributed by atoms with Gasteiger partial charge in [0.05, 0.1) is 12.2 Å². The topological polar surface area (TPSA) is 24.5 Å². The number of hydrogen-bond donors (Lipinski definition) is 1. The lowest BCUT2D eigenvalue weighted by Crippen LogP contribution is -2.41. The summed E-state index contributed by atoms with van der Waals surface area (Å²) in [6.45, 7) is 13.3. The molecule has 0 aromatic rings. The highest BCUT2D eigenvalue weighted by molar-refractivity contribution is 4.81. The maximum atomic E-state index is 6.15. The highest BCUT2D eigenvalue weighted by Crippen LogP contribution is 2.21. The number of rotatable bonds is 7. The first-order chi connectivity index (χ1) is 8.81. The largest absolute Gasteiger partial charge is 0.372 e. The third kappa shape index (κ3) is 6.73. The Labute approximate surface area is 120 Å². The van der Waals surface area contributed by atoms with E-state index in [9.17, 15) is 0 Å². The smallest absolute Gasteiger partial charge is 0.0707 e. The zero-order valence-corrected chi connectivity index (χ0v) is 13.8. The highest BCUT2D eigenvalue weighted by atomic mass is 16.5. The summed E-state index contributed by atoms with van der Waals surface area (Å²) in [5.74, 6) is 0. The minimum atomic E-state index is 0.188. The second-order valence-electron chi connectivity index (χ2n) is 7.17. The monoisotopic (exact) mass is 270 g/mol. The van der Waals surface area contributed by atoms with Crippen LogP contribution in [0.5, 0.6) is 0 Å². The van der Waals surface area contributed by atoms with E-state index in [0.717, 1.165) is 13.1 Å². The van der Waals surface area contributed by atoms with Crippen LogP contribution in [0.1, 0.15) is 60.3 Å². The first kappa shape index (κ1) is 16.9. The van der Waals surface area contributed by atoms with Crippen LogP contribution >= 0.6 is 0 Å². The molecule has 1 rings (SSSR count). The number of likely N-dealkylation sites (N-methyl/N-ethyl adjacent to an activating group) is 1. The molecule has 0 radical (unpaired) electrons. The Bertz CT molecular complexity index is 250. The molecule has 19 heavy (non-hydrogen) atoms. The fourth-order valence-corrected chi connectivity index (χ4v) is 2.62. The van der Waals surface area contributed by atoms with Gasteiger partial charge in [-0.2, -0.15) is 0 Å². The van der Waals surface area contributed by atoms with Crippen molar-refractivity contribution in [2.75, 3.05) is 20.1 Å². The quantitative estimate of drug-likeness (QED) is 0.769. The van der Waals surface area contributed by atoms with Gasteiger partial charge in [0.15, 0.2) is 0 Å². The van der Waals surface area contributed by atoms with E-state index >= 15 is 0 Å². The zero-order valence-electron chi connectivity index (χ0n) is 13.8. The lowest BCUT2D eigenvalue weighted by molar-refractivity contribution is 0.0188. The molecule has 0 saturated carbocycles. The van der Waals surface area contributed by atoms with Gasteiger partial charge in [0.1, 0.15) is 0 Å². The van der Waals surface area contributed by atoms with E-state index < -0.39 is 0 Å². The van der Waals surface area contributed by atoms with Crippen LogP contribution in [-0.4, -0.2) is 48.8 Å². The van der Waals surface area contributed by atoms with Gasteiger partial charge in [0.2, 0.25) is 0 Å². The van der Waals surface area contributed by atoms with Gasteiger partial charge in [0, 0.05) is 24.7 Å². The molecular formula is C16H34N2O. The van der Waals surface area contributed by atoms with Crippen LogP contribution in [0.25, 0.3) is 0 Å². The fourth-order valence-electron chi connectivity index (χ4n) is 2.62. The lowest BCUT2D eigenvalue weighted by atomic mass is 10.1. The molecule has 3 unspecified atom stereocenters. The van der Waals surface area contributed by atoms with Gasteiger partial charge < -0.3 is 15.0 Å². The van der Waals surface area contributed by atoms with E-state index in [4.69, 9.17) is 4.74 Å². The Hall–Kier alpha value is -0.120. The third-order valence-corrected chi connectivity index (χ3v) is 4.01. The maximum Gasteiger partial charge on any atom is 0.0707 e. The molecule has 1 N–H and O–H groups in total. The van der Waals surface area contributed by atoms with Gasteiger partial charge in [-0.15, -0.1) is 0 Å². The summed E-state index contributed by atoms with van der Waals surface area (Å²) >= 11 is 0. The normalized spacial score (nSPS) is 26.1. The van der Waals surface area contributed by atoms with Crippen LogP contribution < -0.4 is 5.32 Å². The first-order valence-corrected chi connectivity index (χ1v) is 7.92. The molecule has 0 aliphatic carbocycles. The van der Waals surface area contributed by atoms with Crippen LogP contribution in [0.15, 0.2) is 0 Å². The zero-order chi connectivity index (χ0) is 14.5. The number of nitrogens with one attached hydrogen (secondary N) is 1. The van der Waals surface area contributed by atoms with E-state index in [1.807, 2.05) is 0 Å². The van der Waals surface area contributed by atoms with E-state index in [-0.39, 0.29) is 5.54 Å². The van der Waals surface area contributed by atoms with E-state index in [0.29, 0.717) is 18.2 Å². The van der Waals surface area contributed by atoms with E-state index in [2.05, 4.69) is 51.9 Å². The van der Waals surface area contributed by atoms with Crippen molar-refractivity contribution in [1.29, 1.82) is 0 Å². The van der Waals surface area contributed by atoms with Crippen molar-refractivity contribution >= 4 is 0 Å². The second kappa shape index (κ2) is 7.61.